The number of amides is 2. The molecule has 0 saturated carbocycles. The number of hydrazine groups is 1. The molecular weight excluding hydrogens is 504 g/mol. The van der Waals surface area contributed by atoms with E-state index in [1.807, 2.05) is 79.8 Å². The van der Waals surface area contributed by atoms with Crippen molar-refractivity contribution in [3.63, 3.8) is 0 Å². The lowest BCUT2D eigenvalue weighted by Gasteiger charge is -2.47. The zero-order valence-corrected chi connectivity index (χ0v) is 24.4. The van der Waals surface area contributed by atoms with Crippen molar-refractivity contribution < 1.29 is 14.7 Å². The molecule has 0 radical (unpaired) electrons. The third kappa shape index (κ3) is 6.55. The molecule has 1 aliphatic heterocycles. The second-order valence-electron chi connectivity index (χ2n) is 12.0. The van der Waals surface area contributed by atoms with Gasteiger partial charge >= 0.3 is 0 Å². The summed E-state index contributed by atoms with van der Waals surface area (Å²) in [6, 6.07) is 17.4. The Morgan fingerprint density at radius 3 is 2.48 bits per heavy atom. The van der Waals surface area contributed by atoms with Crippen LogP contribution >= 0.6 is 0 Å². The molecule has 3 aromatic rings. The Morgan fingerprint density at radius 2 is 1.80 bits per heavy atom. The van der Waals surface area contributed by atoms with Crippen LogP contribution in [0, 0.1) is 5.41 Å². The standard InChI is InChI=1S/C31H44N6O3/c1-30(2,32)28(39)34-26(18-23-20-33-25-15-10-9-14-24(23)25)27(38)37-17-11-16-31(21-37,29(40)36(5)35(3)4)19-22-12-7-6-8-13-22/h6-10,12-15,20,26-27,33,38H,11,16-19,21,32H2,1-5H3,(H,34,39)/t26-,27-,31-/m1/s1. The fourth-order valence-corrected chi connectivity index (χ4v) is 5.68. The van der Waals surface area contributed by atoms with E-state index in [2.05, 4.69) is 10.3 Å². The highest BCUT2D eigenvalue weighted by Crippen LogP contribution is 2.37. The predicted octanol–water partition coefficient (Wildman–Crippen LogP) is 2.51. The number of fused-ring (bicyclic) bond motifs is 1. The number of para-hydroxylation sites is 1. The first-order valence-corrected chi connectivity index (χ1v) is 14.0. The van der Waals surface area contributed by atoms with E-state index < -0.39 is 23.2 Å². The lowest BCUT2D eigenvalue weighted by molar-refractivity contribution is -0.161. The molecule has 1 fully saturated rings. The summed E-state index contributed by atoms with van der Waals surface area (Å²) in [4.78, 5) is 32.3. The van der Waals surface area contributed by atoms with Crippen molar-refractivity contribution in [2.45, 2.75) is 57.3 Å². The van der Waals surface area contributed by atoms with E-state index in [-0.39, 0.29) is 11.8 Å². The van der Waals surface area contributed by atoms with E-state index in [4.69, 9.17) is 5.73 Å². The number of benzene rings is 2. The summed E-state index contributed by atoms with van der Waals surface area (Å²) in [7, 11) is 5.49. The van der Waals surface area contributed by atoms with Gasteiger partial charge in [-0.25, -0.2) is 5.01 Å². The zero-order chi connectivity index (χ0) is 29.1. The molecule has 2 aromatic carbocycles. The van der Waals surface area contributed by atoms with Crippen molar-refractivity contribution in [1.29, 1.82) is 0 Å². The lowest BCUT2D eigenvalue weighted by Crippen LogP contribution is -2.62. The second kappa shape index (κ2) is 12.1. The Morgan fingerprint density at radius 1 is 1.12 bits per heavy atom. The SMILES string of the molecule is CN(C)N(C)C(=O)[C@@]1(Cc2ccccc2)CCCN([C@H](O)[C@@H](Cc2c[nH]c3ccccc23)NC(=O)C(C)(C)N)C1. The number of hydrogen-bond donors (Lipinski definition) is 4. The van der Waals surface area contributed by atoms with Gasteiger partial charge in [0, 0.05) is 51.3 Å². The number of likely N-dealkylation sites (tertiary alicyclic amines) is 1. The number of nitrogens with zero attached hydrogens (tertiary/aromatic N) is 3. The fraction of sp³-hybridized carbons (Fsp3) is 0.484. The van der Waals surface area contributed by atoms with Gasteiger partial charge in [-0.15, -0.1) is 0 Å². The van der Waals surface area contributed by atoms with Crippen molar-refractivity contribution in [2.24, 2.45) is 11.1 Å². The van der Waals surface area contributed by atoms with Crippen LogP contribution in [-0.2, 0) is 22.4 Å². The third-order valence-electron chi connectivity index (χ3n) is 8.09. The Bertz CT molecular complexity index is 1300. The van der Waals surface area contributed by atoms with E-state index in [9.17, 15) is 14.7 Å². The Balaban J connectivity index is 1.66. The number of nitrogens with two attached hydrogens (primary N) is 1. The number of aromatic amines is 1. The van der Waals surface area contributed by atoms with E-state index in [1.54, 1.807) is 30.9 Å². The third-order valence-corrected chi connectivity index (χ3v) is 8.09. The molecule has 0 unspecified atom stereocenters. The van der Waals surface area contributed by atoms with Crippen LogP contribution in [0.25, 0.3) is 10.9 Å². The molecule has 9 heteroatoms. The van der Waals surface area contributed by atoms with Gasteiger partial charge in [0.05, 0.1) is 17.0 Å². The van der Waals surface area contributed by atoms with Gasteiger partial charge in [0.25, 0.3) is 0 Å². The molecule has 3 atom stereocenters. The van der Waals surface area contributed by atoms with Gasteiger partial charge in [0.2, 0.25) is 11.8 Å². The van der Waals surface area contributed by atoms with Crippen LogP contribution in [0.2, 0.25) is 0 Å². The molecule has 1 aliphatic rings. The molecule has 2 heterocycles. The molecule has 0 spiro atoms. The maximum Gasteiger partial charge on any atom is 0.244 e. The molecule has 0 bridgehead atoms. The summed E-state index contributed by atoms with van der Waals surface area (Å²) in [5.74, 6) is -0.328. The second-order valence-corrected chi connectivity index (χ2v) is 12.0. The van der Waals surface area contributed by atoms with E-state index >= 15 is 0 Å². The maximum absolute atomic E-state index is 14.0. The lowest BCUT2D eigenvalue weighted by atomic mass is 9.73. The van der Waals surface area contributed by atoms with Gasteiger partial charge in [-0.1, -0.05) is 48.5 Å². The number of rotatable bonds is 10. The quantitative estimate of drug-likeness (QED) is 0.289. The summed E-state index contributed by atoms with van der Waals surface area (Å²) < 4.78 is 0. The Kier molecular flexibility index (Phi) is 8.99. The minimum atomic E-state index is -1.11. The molecule has 216 valence electrons. The van der Waals surface area contributed by atoms with Gasteiger partial charge in [-0.05, 0) is 56.7 Å². The van der Waals surface area contributed by atoms with Gasteiger partial charge in [-0.2, -0.15) is 0 Å². The number of H-pyrrole nitrogens is 1. The molecule has 1 aromatic heterocycles. The average molecular weight is 549 g/mol. The van der Waals surface area contributed by atoms with Crippen molar-refractivity contribution in [2.75, 3.05) is 34.2 Å². The maximum atomic E-state index is 14.0. The number of aliphatic hydroxyl groups is 1. The van der Waals surface area contributed by atoms with E-state index in [0.29, 0.717) is 32.4 Å². The van der Waals surface area contributed by atoms with Crippen LogP contribution in [0.15, 0.2) is 60.8 Å². The fourth-order valence-electron chi connectivity index (χ4n) is 5.68. The van der Waals surface area contributed by atoms with Gasteiger partial charge in [0.1, 0.15) is 6.23 Å². The molecule has 1 saturated heterocycles. The first-order valence-electron chi connectivity index (χ1n) is 14.0. The molecule has 0 aliphatic carbocycles. The number of aliphatic hydroxyl groups excluding tert-OH is 1. The molecular formula is C31H44N6O3. The van der Waals surface area contributed by atoms with Crippen LogP contribution in [-0.4, -0.2) is 88.9 Å². The monoisotopic (exact) mass is 548 g/mol. The topological polar surface area (TPSA) is 118 Å². The van der Waals surface area contributed by atoms with Crippen molar-refractivity contribution in [1.82, 2.24) is 25.2 Å². The molecule has 9 nitrogen and oxygen atoms in total. The molecule has 5 N–H and O–H groups in total. The highest BCUT2D eigenvalue weighted by molar-refractivity contribution is 5.86. The van der Waals surface area contributed by atoms with E-state index in [1.165, 1.54) is 0 Å². The first kappa shape index (κ1) is 29.7. The first-order chi connectivity index (χ1) is 18.9. The summed E-state index contributed by atoms with van der Waals surface area (Å²) in [6.45, 7) is 4.28. The number of hydrogen-bond acceptors (Lipinski definition) is 6. The smallest absolute Gasteiger partial charge is 0.244 e. The van der Waals surface area contributed by atoms with Gasteiger partial charge in [-0.3, -0.25) is 19.5 Å². The van der Waals surface area contributed by atoms with Crippen LogP contribution < -0.4 is 11.1 Å². The zero-order valence-electron chi connectivity index (χ0n) is 24.4. The highest BCUT2D eigenvalue weighted by Gasteiger charge is 2.46. The van der Waals surface area contributed by atoms with Crippen LogP contribution in [0.1, 0.15) is 37.8 Å². The number of piperidine rings is 1. The molecule has 2 amide bonds. The number of carbonyl (C=O) groups is 2. The number of nitrogens with one attached hydrogen (secondary N) is 2. The average Bonchev–Trinajstić information content (AvgIpc) is 3.34. The largest absolute Gasteiger partial charge is 0.376 e. The summed E-state index contributed by atoms with van der Waals surface area (Å²) >= 11 is 0. The minimum Gasteiger partial charge on any atom is -0.376 e. The van der Waals surface area contributed by atoms with Crippen LogP contribution in [0.4, 0.5) is 0 Å². The minimum absolute atomic E-state index is 0.0126. The van der Waals surface area contributed by atoms with Crippen molar-refractivity contribution >= 4 is 22.7 Å². The number of aromatic nitrogens is 1. The molecule has 4 rings (SSSR count). The number of carbonyl (C=O) groups excluding carboxylic acids is 2. The van der Waals surface area contributed by atoms with Crippen LogP contribution in [0.3, 0.4) is 0 Å². The highest BCUT2D eigenvalue weighted by atomic mass is 16.3. The Hall–Kier alpha value is -3.24. The summed E-state index contributed by atoms with van der Waals surface area (Å²) in [5.41, 5.74) is 7.35. The normalized spacial score (nSPS) is 19.9. The van der Waals surface area contributed by atoms with Gasteiger partial charge in [0.15, 0.2) is 0 Å². The summed E-state index contributed by atoms with van der Waals surface area (Å²) in [6.07, 6.45) is 3.32. The van der Waals surface area contributed by atoms with E-state index in [0.717, 1.165) is 28.5 Å². The van der Waals surface area contributed by atoms with Gasteiger partial charge < -0.3 is 21.1 Å². The van der Waals surface area contributed by atoms with Crippen LogP contribution in [0.5, 0.6) is 0 Å². The molecule has 40 heavy (non-hydrogen) atoms. The summed E-state index contributed by atoms with van der Waals surface area (Å²) in [5, 5.41) is 19.4. The van der Waals surface area contributed by atoms with Crippen molar-refractivity contribution in [3.05, 3.63) is 71.9 Å². The van der Waals surface area contributed by atoms with Crippen molar-refractivity contribution in [3.8, 4) is 0 Å². The predicted molar refractivity (Wildman–Crippen MR) is 158 cm³/mol. The Labute approximate surface area is 237 Å².